The number of benzene rings is 2. The molecule has 21 heavy (non-hydrogen) atoms. The van der Waals surface area contributed by atoms with Crippen molar-refractivity contribution in [1.29, 1.82) is 0 Å². The maximum absolute atomic E-state index is 14.6. The molecule has 1 atom stereocenters. The van der Waals surface area contributed by atoms with Crippen molar-refractivity contribution in [2.45, 2.75) is 26.3 Å². The fourth-order valence-corrected chi connectivity index (χ4v) is 2.36. The molecular formula is C18H22FNO. The van der Waals surface area contributed by atoms with Crippen LogP contribution in [0.15, 0.2) is 42.5 Å². The molecule has 0 aliphatic rings. The number of aryl methyl sites for hydroxylation is 1. The molecule has 0 fully saturated rings. The van der Waals surface area contributed by atoms with Crippen molar-refractivity contribution in [3.05, 3.63) is 65.0 Å². The third kappa shape index (κ3) is 3.61. The van der Waals surface area contributed by atoms with Crippen LogP contribution in [-0.4, -0.2) is 13.7 Å². The number of halogens is 1. The molecule has 0 aliphatic carbocycles. The van der Waals surface area contributed by atoms with Gasteiger partial charge >= 0.3 is 0 Å². The molecule has 0 heterocycles. The Morgan fingerprint density at radius 1 is 1.14 bits per heavy atom. The summed E-state index contributed by atoms with van der Waals surface area (Å²) >= 11 is 0. The Labute approximate surface area is 126 Å². The SMILES string of the molecule is CCCNC(c1ccc(C)cc1)c1cccc(OC)c1F. The van der Waals surface area contributed by atoms with Crippen LogP contribution < -0.4 is 10.1 Å². The van der Waals surface area contributed by atoms with Crippen molar-refractivity contribution in [1.82, 2.24) is 5.32 Å². The van der Waals surface area contributed by atoms with E-state index in [-0.39, 0.29) is 17.6 Å². The molecule has 2 rings (SSSR count). The molecule has 0 saturated carbocycles. The summed E-state index contributed by atoms with van der Waals surface area (Å²) in [5.74, 6) is -0.0166. The van der Waals surface area contributed by atoms with Crippen LogP contribution in [0.3, 0.4) is 0 Å². The van der Waals surface area contributed by atoms with Crippen molar-refractivity contribution in [3.63, 3.8) is 0 Å². The molecule has 2 aromatic carbocycles. The van der Waals surface area contributed by atoms with Crippen molar-refractivity contribution in [2.24, 2.45) is 0 Å². The minimum Gasteiger partial charge on any atom is -0.494 e. The molecule has 0 radical (unpaired) electrons. The molecule has 1 N–H and O–H groups in total. The molecule has 0 saturated heterocycles. The van der Waals surface area contributed by atoms with Gasteiger partial charge in [-0.1, -0.05) is 48.9 Å². The molecule has 112 valence electrons. The number of hydrogen-bond acceptors (Lipinski definition) is 2. The first-order valence-corrected chi connectivity index (χ1v) is 7.29. The van der Waals surface area contributed by atoms with Gasteiger partial charge < -0.3 is 10.1 Å². The summed E-state index contributed by atoms with van der Waals surface area (Å²) in [5.41, 5.74) is 2.87. The predicted molar refractivity (Wildman–Crippen MR) is 84.3 cm³/mol. The van der Waals surface area contributed by atoms with E-state index >= 15 is 0 Å². The zero-order chi connectivity index (χ0) is 15.2. The van der Waals surface area contributed by atoms with Gasteiger partial charge in [0.05, 0.1) is 13.2 Å². The van der Waals surface area contributed by atoms with E-state index in [0.717, 1.165) is 18.5 Å². The number of ether oxygens (including phenoxy) is 1. The Bertz CT molecular complexity index is 580. The molecule has 2 aromatic rings. The Kier molecular flexibility index (Phi) is 5.34. The van der Waals surface area contributed by atoms with Gasteiger partial charge in [0.1, 0.15) is 0 Å². The van der Waals surface area contributed by atoms with Crippen LogP contribution in [0, 0.1) is 12.7 Å². The molecule has 0 aliphatic heterocycles. The van der Waals surface area contributed by atoms with Gasteiger partial charge in [-0.2, -0.15) is 0 Å². The molecule has 0 spiro atoms. The van der Waals surface area contributed by atoms with Crippen molar-refractivity contribution >= 4 is 0 Å². The van der Waals surface area contributed by atoms with Gasteiger partial charge in [-0.05, 0) is 31.5 Å². The number of hydrogen-bond donors (Lipinski definition) is 1. The molecule has 1 unspecified atom stereocenters. The van der Waals surface area contributed by atoms with Gasteiger partial charge in [0, 0.05) is 5.56 Å². The first-order valence-electron chi connectivity index (χ1n) is 7.29. The van der Waals surface area contributed by atoms with Crippen molar-refractivity contribution in [2.75, 3.05) is 13.7 Å². The van der Waals surface area contributed by atoms with Crippen LogP contribution >= 0.6 is 0 Å². The zero-order valence-electron chi connectivity index (χ0n) is 12.8. The summed E-state index contributed by atoms with van der Waals surface area (Å²) in [4.78, 5) is 0. The molecule has 0 aromatic heterocycles. The molecule has 3 heteroatoms. The van der Waals surface area contributed by atoms with Gasteiger partial charge in [0.15, 0.2) is 11.6 Å². The van der Waals surface area contributed by atoms with Crippen LogP contribution in [0.4, 0.5) is 4.39 Å². The van der Waals surface area contributed by atoms with Gasteiger partial charge in [-0.3, -0.25) is 0 Å². The van der Waals surface area contributed by atoms with E-state index in [1.807, 2.05) is 43.3 Å². The fraction of sp³-hybridized carbons (Fsp3) is 0.333. The van der Waals surface area contributed by atoms with Gasteiger partial charge in [-0.25, -0.2) is 4.39 Å². The van der Waals surface area contributed by atoms with Crippen molar-refractivity contribution < 1.29 is 9.13 Å². The van der Waals surface area contributed by atoms with Crippen LogP contribution in [-0.2, 0) is 0 Å². The Balaban J connectivity index is 2.42. The topological polar surface area (TPSA) is 21.3 Å². The largest absolute Gasteiger partial charge is 0.494 e. The van der Waals surface area contributed by atoms with E-state index in [1.165, 1.54) is 12.7 Å². The van der Waals surface area contributed by atoms with E-state index in [2.05, 4.69) is 12.2 Å². The first kappa shape index (κ1) is 15.5. The lowest BCUT2D eigenvalue weighted by Gasteiger charge is -2.21. The van der Waals surface area contributed by atoms with Crippen LogP contribution in [0.1, 0.15) is 36.1 Å². The second-order valence-electron chi connectivity index (χ2n) is 5.16. The van der Waals surface area contributed by atoms with Gasteiger partial charge in [0.25, 0.3) is 0 Å². The van der Waals surface area contributed by atoms with Crippen LogP contribution in [0.25, 0.3) is 0 Å². The van der Waals surface area contributed by atoms with E-state index < -0.39 is 0 Å². The fourth-order valence-electron chi connectivity index (χ4n) is 2.36. The lowest BCUT2D eigenvalue weighted by molar-refractivity contribution is 0.381. The number of methoxy groups -OCH3 is 1. The Morgan fingerprint density at radius 3 is 2.48 bits per heavy atom. The highest BCUT2D eigenvalue weighted by molar-refractivity contribution is 5.39. The summed E-state index contributed by atoms with van der Waals surface area (Å²) < 4.78 is 19.6. The number of rotatable bonds is 6. The second kappa shape index (κ2) is 7.23. The lowest BCUT2D eigenvalue weighted by Crippen LogP contribution is -2.24. The summed E-state index contributed by atoms with van der Waals surface area (Å²) in [6, 6.07) is 13.3. The van der Waals surface area contributed by atoms with E-state index in [0.29, 0.717) is 5.56 Å². The highest BCUT2D eigenvalue weighted by atomic mass is 19.1. The highest BCUT2D eigenvalue weighted by Crippen LogP contribution is 2.29. The van der Waals surface area contributed by atoms with Crippen LogP contribution in [0.5, 0.6) is 5.75 Å². The Hall–Kier alpha value is -1.87. The maximum Gasteiger partial charge on any atom is 0.170 e. The van der Waals surface area contributed by atoms with Gasteiger partial charge in [0.2, 0.25) is 0 Å². The van der Waals surface area contributed by atoms with Gasteiger partial charge in [-0.15, -0.1) is 0 Å². The summed E-state index contributed by atoms with van der Waals surface area (Å²) in [6.07, 6.45) is 0.994. The number of nitrogens with one attached hydrogen (secondary N) is 1. The minimum atomic E-state index is -0.297. The van der Waals surface area contributed by atoms with E-state index in [9.17, 15) is 4.39 Å². The molecule has 2 nitrogen and oxygen atoms in total. The zero-order valence-corrected chi connectivity index (χ0v) is 12.8. The normalized spacial score (nSPS) is 12.2. The lowest BCUT2D eigenvalue weighted by atomic mass is 9.97. The predicted octanol–water partition coefficient (Wildman–Crippen LogP) is 4.23. The van der Waals surface area contributed by atoms with E-state index in [1.54, 1.807) is 6.07 Å². The average molecular weight is 287 g/mol. The molecule has 0 bridgehead atoms. The highest BCUT2D eigenvalue weighted by Gasteiger charge is 2.19. The minimum absolute atomic E-state index is 0.166. The smallest absolute Gasteiger partial charge is 0.170 e. The first-order chi connectivity index (χ1) is 10.2. The van der Waals surface area contributed by atoms with Crippen LogP contribution in [0.2, 0.25) is 0 Å². The summed E-state index contributed by atoms with van der Waals surface area (Å²) in [5, 5.41) is 3.42. The maximum atomic E-state index is 14.6. The van der Waals surface area contributed by atoms with Crippen molar-refractivity contribution in [3.8, 4) is 5.75 Å². The molecular weight excluding hydrogens is 265 g/mol. The quantitative estimate of drug-likeness (QED) is 0.858. The van der Waals surface area contributed by atoms with E-state index in [4.69, 9.17) is 4.74 Å². The standard InChI is InChI=1S/C18H22FNO/c1-4-12-20-18(14-10-8-13(2)9-11-14)15-6-5-7-16(21-3)17(15)19/h5-11,18,20H,4,12H2,1-3H3. The average Bonchev–Trinajstić information content (AvgIpc) is 2.50. The monoisotopic (exact) mass is 287 g/mol. The third-order valence-electron chi connectivity index (χ3n) is 3.53. The Morgan fingerprint density at radius 2 is 1.86 bits per heavy atom. The second-order valence-corrected chi connectivity index (χ2v) is 5.16. The summed E-state index contributed by atoms with van der Waals surface area (Å²) in [6.45, 7) is 4.97. The summed E-state index contributed by atoms with van der Waals surface area (Å²) in [7, 11) is 1.49. The molecule has 0 amide bonds. The third-order valence-corrected chi connectivity index (χ3v) is 3.53.